The fourth-order valence-electron chi connectivity index (χ4n) is 2.84. The van der Waals surface area contributed by atoms with E-state index in [4.69, 9.17) is 4.74 Å². The van der Waals surface area contributed by atoms with Crippen LogP contribution in [0.4, 0.5) is 0 Å². The molecule has 130 valence electrons. The average molecular weight is 338 g/mol. The molecule has 0 radical (unpaired) electrons. The summed E-state index contributed by atoms with van der Waals surface area (Å²) in [4.78, 5) is 23.5. The quantitative estimate of drug-likeness (QED) is 0.881. The Morgan fingerprint density at radius 2 is 2.08 bits per heavy atom. The lowest BCUT2D eigenvalue weighted by Crippen LogP contribution is -2.42. The molecule has 0 bridgehead atoms. The maximum absolute atomic E-state index is 12.3. The second-order valence-electron chi connectivity index (χ2n) is 6.28. The summed E-state index contributed by atoms with van der Waals surface area (Å²) in [7, 11) is 0. The highest BCUT2D eigenvalue weighted by molar-refractivity contribution is 5.83. The van der Waals surface area contributed by atoms with Crippen molar-refractivity contribution >= 4 is 11.8 Å². The maximum Gasteiger partial charge on any atom is 0.225 e. The van der Waals surface area contributed by atoms with Gasteiger partial charge >= 0.3 is 0 Å². The molecule has 1 aliphatic rings. The standard InChI is InChI=1S/C20H22N2O3/c1-14-5-4-7-17(11-14)25-18-8-3-2-6-15(18)12-22-20(24)16-9-10-19(23)21-13-16/h2-8,11,16H,9-10,12-13H2,1H3,(H,21,23)(H,22,24)/t16-/m0/s1. The topological polar surface area (TPSA) is 67.4 Å². The number of benzene rings is 2. The maximum atomic E-state index is 12.3. The first-order chi connectivity index (χ1) is 12.1. The number of rotatable bonds is 5. The summed E-state index contributed by atoms with van der Waals surface area (Å²) >= 11 is 0. The van der Waals surface area contributed by atoms with Crippen molar-refractivity contribution in [2.75, 3.05) is 6.54 Å². The number of para-hydroxylation sites is 1. The van der Waals surface area contributed by atoms with Gasteiger partial charge in [-0.05, 0) is 37.1 Å². The van der Waals surface area contributed by atoms with E-state index in [1.54, 1.807) is 0 Å². The van der Waals surface area contributed by atoms with Gasteiger partial charge in [-0.1, -0.05) is 30.3 Å². The molecule has 0 aliphatic carbocycles. The van der Waals surface area contributed by atoms with Crippen LogP contribution in [0.3, 0.4) is 0 Å². The molecule has 25 heavy (non-hydrogen) atoms. The van der Waals surface area contributed by atoms with Gasteiger partial charge in [0.1, 0.15) is 11.5 Å². The van der Waals surface area contributed by atoms with Crippen molar-refractivity contribution in [3.05, 3.63) is 59.7 Å². The molecule has 2 aromatic carbocycles. The van der Waals surface area contributed by atoms with Crippen molar-refractivity contribution in [3.8, 4) is 11.5 Å². The van der Waals surface area contributed by atoms with E-state index in [2.05, 4.69) is 10.6 Å². The number of carbonyl (C=O) groups excluding carboxylic acids is 2. The molecule has 1 aliphatic heterocycles. The molecule has 2 amide bonds. The van der Waals surface area contributed by atoms with E-state index in [1.165, 1.54) is 0 Å². The predicted octanol–water partition coefficient (Wildman–Crippen LogP) is 2.93. The van der Waals surface area contributed by atoms with E-state index in [-0.39, 0.29) is 17.7 Å². The summed E-state index contributed by atoms with van der Waals surface area (Å²) < 4.78 is 5.97. The molecule has 2 N–H and O–H groups in total. The van der Waals surface area contributed by atoms with E-state index in [9.17, 15) is 9.59 Å². The Morgan fingerprint density at radius 3 is 2.84 bits per heavy atom. The molecule has 1 saturated heterocycles. The van der Waals surface area contributed by atoms with Crippen LogP contribution >= 0.6 is 0 Å². The van der Waals surface area contributed by atoms with E-state index in [1.807, 2.05) is 55.5 Å². The average Bonchev–Trinajstić information content (AvgIpc) is 2.61. The first-order valence-electron chi connectivity index (χ1n) is 8.48. The zero-order chi connectivity index (χ0) is 17.6. The Hall–Kier alpha value is -2.82. The molecular weight excluding hydrogens is 316 g/mol. The molecular formula is C20H22N2O3. The van der Waals surface area contributed by atoms with Gasteiger partial charge in [-0.15, -0.1) is 0 Å². The van der Waals surface area contributed by atoms with Crippen LogP contribution in [-0.4, -0.2) is 18.4 Å². The molecule has 0 aromatic heterocycles. The van der Waals surface area contributed by atoms with Crippen LogP contribution in [0.1, 0.15) is 24.0 Å². The van der Waals surface area contributed by atoms with Crippen molar-refractivity contribution in [3.63, 3.8) is 0 Å². The molecule has 5 heteroatoms. The minimum Gasteiger partial charge on any atom is -0.457 e. The monoisotopic (exact) mass is 338 g/mol. The highest BCUT2D eigenvalue weighted by Gasteiger charge is 2.24. The zero-order valence-corrected chi connectivity index (χ0v) is 14.2. The van der Waals surface area contributed by atoms with E-state index < -0.39 is 0 Å². The molecule has 0 unspecified atom stereocenters. The Morgan fingerprint density at radius 1 is 1.24 bits per heavy atom. The van der Waals surface area contributed by atoms with Gasteiger partial charge in [0, 0.05) is 25.1 Å². The van der Waals surface area contributed by atoms with E-state index >= 15 is 0 Å². The third kappa shape index (κ3) is 4.59. The molecule has 3 rings (SSSR count). The number of nitrogens with one attached hydrogen (secondary N) is 2. The molecule has 2 aromatic rings. The first kappa shape index (κ1) is 17.0. The molecule has 0 saturated carbocycles. The lowest BCUT2D eigenvalue weighted by molar-refractivity contribution is -0.129. The summed E-state index contributed by atoms with van der Waals surface area (Å²) in [5.41, 5.74) is 2.04. The Balaban J connectivity index is 1.63. The van der Waals surface area contributed by atoms with Crippen LogP contribution in [-0.2, 0) is 16.1 Å². The minimum absolute atomic E-state index is 0.0148. The van der Waals surface area contributed by atoms with Crippen LogP contribution < -0.4 is 15.4 Å². The smallest absolute Gasteiger partial charge is 0.225 e. The van der Waals surface area contributed by atoms with Crippen molar-refractivity contribution < 1.29 is 14.3 Å². The Bertz CT molecular complexity index is 763. The number of amides is 2. The van der Waals surface area contributed by atoms with Crippen LogP contribution in [0.15, 0.2) is 48.5 Å². The highest BCUT2D eigenvalue weighted by Crippen LogP contribution is 2.26. The number of carbonyl (C=O) groups is 2. The van der Waals surface area contributed by atoms with E-state index in [0.29, 0.717) is 25.9 Å². The number of aryl methyl sites for hydroxylation is 1. The van der Waals surface area contributed by atoms with Crippen LogP contribution in [0, 0.1) is 12.8 Å². The largest absolute Gasteiger partial charge is 0.457 e. The number of hydrogen-bond donors (Lipinski definition) is 2. The van der Waals surface area contributed by atoms with Gasteiger partial charge in [-0.3, -0.25) is 9.59 Å². The van der Waals surface area contributed by atoms with Crippen molar-refractivity contribution in [2.45, 2.75) is 26.3 Å². The Kier molecular flexibility index (Phi) is 5.33. The first-order valence-corrected chi connectivity index (χ1v) is 8.48. The van der Waals surface area contributed by atoms with Crippen molar-refractivity contribution in [1.82, 2.24) is 10.6 Å². The van der Waals surface area contributed by atoms with Crippen molar-refractivity contribution in [1.29, 1.82) is 0 Å². The third-order valence-corrected chi connectivity index (χ3v) is 4.28. The lowest BCUT2D eigenvalue weighted by Gasteiger charge is -2.22. The number of ether oxygens (including phenoxy) is 1. The molecule has 5 nitrogen and oxygen atoms in total. The summed E-state index contributed by atoms with van der Waals surface area (Å²) in [5, 5.41) is 5.69. The summed E-state index contributed by atoms with van der Waals surface area (Å²) in [6, 6.07) is 15.5. The van der Waals surface area contributed by atoms with E-state index in [0.717, 1.165) is 22.6 Å². The summed E-state index contributed by atoms with van der Waals surface area (Å²) in [6.45, 7) is 2.82. The second-order valence-corrected chi connectivity index (χ2v) is 6.28. The molecule has 0 spiro atoms. The molecule has 1 atom stereocenters. The molecule has 1 heterocycles. The zero-order valence-electron chi connectivity index (χ0n) is 14.2. The minimum atomic E-state index is -0.164. The van der Waals surface area contributed by atoms with Crippen LogP contribution in [0.5, 0.6) is 11.5 Å². The van der Waals surface area contributed by atoms with Gasteiger partial charge in [0.25, 0.3) is 0 Å². The van der Waals surface area contributed by atoms with Gasteiger partial charge in [-0.25, -0.2) is 0 Å². The fourth-order valence-corrected chi connectivity index (χ4v) is 2.84. The third-order valence-electron chi connectivity index (χ3n) is 4.28. The normalized spacial score (nSPS) is 16.8. The fraction of sp³-hybridized carbons (Fsp3) is 0.300. The Labute approximate surface area is 147 Å². The van der Waals surface area contributed by atoms with Crippen molar-refractivity contribution in [2.24, 2.45) is 5.92 Å². The van der Waals surface area contributed by atoms with Gasteiger partial charge < -0.3 is 15.4 Å². The van der Waals surface area contributed by atoms with Crippen LogP contribution in [0.25, 0.3) is 0 Å². The van der Waals surface area contributed by atoms with Gasteiger partial charge in [0.2, 0.25) is 11.8 Å². The van der Waals surface area contributed by atoms with Gasteiger partial charge in [-0.2, -0.15) is 0 Å². The SMILES string of the molecule is Cc1cccc(Oc2ccccc2CNC(=O)[C@H]2CCC(=O)NC2)c1. The lowest BCUT2D eigenvalue weighted by atomic mass is 9.98. The number of hydrogen-bond acceptors (Lipinski definition) is 3. The second kappa shape index (κ2) is 7.83. The highest BCUT2D eigenvalue weighted by atomic mass is 16.5. The van der Waals surface area contributed by atoms with Gasteiger partial charge in [0.15, 0.2) is 0 Å². The summed E-state index contributed by atoms with van der Waals surface area (Å²) in [5.74, 6) is 1.31. The number of piperidine rings is 1. The predicted molar refractivity (Wildman–Crippen MR) is 95.3 cm³/mol. The van der Waals surface area contributed by atoms with Gasteiger partial charge in [0.05, 0.1) is 5.92 Å². The summed E-state index contributed by atoms with van der Waals surface area (Å²) in [6.07, 6.45) is 1.00. The molecule has 1 fully saturated rings. The van der Waals surface area contributed by atoms with Crippen LogP contribution in [0.2, 0.25) is 0 Å².